The number of hydrogen-bond acceptors (Lipinski definition) is 4. The summed E-state index contributed by atoms with van der Waals surface area (Å²) in [6.07, 6.45) is 0. The Morgan fingerprint density at radius 1 is 1.22 bits per heavy atom. The van der Waals surface area contributed by atoms with Crippen LogP contribution >= 0.6 is 11.8 Å². The molecule has 23 heavy (non-hydrogen) atoms. The second kappa shape index (κ2) is 6.66. The van der Waals surface area contributed by atoms with Gasteiger partial charge in [-0.05, 0) is 30.7 Å². The second-order valence-corrected chi connectivity index (χ2v) is 6.07. The molecule has 0 bridgehead atoms. The standard InChI is InChI=1S/C17H15N3O2S/c1-11-4-2-6-13(8-11)15-18-17(20-19-15)23-10-12-5-3-7-14(9-12)16(21)22/h2-9H,10H2,1H3,(H,21,22)(H,18,19,20). The summed E-state index contributed by atoms with van der Waals surface area (Å²) in [6.45, 7) is 2.03. The van der Waals surface area contributed by atoms with Crippen molar-refractivity contribution in [2.75, 3.05) is 0 Å². The molecule has 0 spiro atoms. The fourth-order valence-corrected chi connectivity index (χ4v) is 2.92. The first kappa shape index (κ1) is 15.3. The van der Waals surface area contributed by atoms with Crippen molar-refractivity contribution in [3.63, 3.8) is 0 Å². The summed E-state index contributed by atoms with van der Waals surface area (Å²) in [4.78, 5) is 15.5. The van der Waals surface area contributed by atoms with Gasteiger partial charge in [-0.25, -0.2) is 9.78 Å². The van der Waals surface area contributed by atoms with Gasteiger partial charge in [-0.2, -0.15) is 0 Å². The lowest BCUT2D eigenvalue weighted by atomic mass is 10.1. The number of carboxylic acids is 1. The van der Waals surface area contributed by atoms with Crippen molar-refractivity contribution in [2.45, 2.75) is 17.8 Å². The van der Waals surface area contributed by atoms with Gasteiger partial charge < -0.3 is 5.11 Å². The Kier molecular flexibility index (Phi) is 4.43. The van der Waals surface area contributed by atoms with Crippen LogP contribution in [-0.2, 0) is 5.75 Å². The van der Waals surface area contributed by atoms with Crippen molar-refractivity contribution >= 4 is 17.7 Å². The molecule has 6 heteroatoms. The van der Waals surface area contributed by atoms with E-state index in [4.69, 9.17) is 5.11 Å². The Labute approximate surface area is 137 Å². The van der Waals surface area contributed by atoms with Gasteiger partial charge in [-0.15, -0.1) is 5.10 Å². The van der Waals surface area contributed by atoms with Crippen LogP contribution in [0.25, 0.3) is 11.4 Å². The number of nitrogens with zero attached hydrogens (tertiary/aromatic N) is 2. The minimum atomic E-state index is -0.920. The number of carboxylic acid groups (broad SMARTS) is 1. The van der Waals surface area contributed by atoms with Gasteiger partial charge in [0.2, 0.25) is 5.16 Å². The van der Waals surface area contributed by atoms with Gasteiger partial charge in [0.15, 0.2) is 5.82 Å². The van der Waals surface area contributed by atoms with Crippen LogP contribution in [-0.4, -0.2) is 26.3 Å². The number of rotatable bonds is 5. The molecule has 116 valence electrons. The maximum Gasteiger partial charge on any atom is 0.335 e. The zero-order valence-corrected chi connectivity index (χ0v) is 13.3. The Morgan fingerprint density at radius 3 is 2.83 bits per heavy atom. The number of carbonyl (C=O) groups is 1. The van der Waals surface area contributed by atoms with E-state index in [1.54, 1.807) is 18.2 Å². The molecule has 1 aromatic heterocycles. The first-order chi connectivity index (χ1) is 11.1. The first-order valence-electron chi connectivity index (χ1n) is 7.06. The summed E-state index contributed by atoms with van der Waals surface area (Å²) >= 11 is 1.47. The highest BCUT2D eigenvalue weighted by Crippen LogP contribution is 2.23. The smallest absolute Gasteiger partial charge is 0.335 e. The highest BCUT2D eigenvalue weighted by molar-refractivity contribution is 7.98. The largest absolute Gasteiger partial charge is 0.478 e. The normalized spacial score (nSPS) is 10.7. The van der Waals surface area contributed by atoms with Crippen LogP contribution in [0.3, 0.4) is 0 Å². The Bertz CT molecular complexity index is 845. The first-order valence-corrected chi connectivity index (χ1v) is 8.05. The predicted molar refractivity (Wildman–Crippen MR) is 89.5 cm³/mol. The Morgan fingerprint density at radius 2 is 2.04 bits per heavy atom. The van der Waals surface area contributed by atoms with E-state index in [0.717, 1.165) is 17.0 Å². The highest BCUT2D eigenvalue weighted by Gasteiger charge is 2.08. The molecule has 5 nitrogen and oxygen atoms in total. The van der Waals surface area contributed by atoms with Crippen LogP contribution in [0.5, 0.6) is 0 Å². The number of aromatic nitrogens is 3. The monoisotopic (exact) mass is 325 g/mol. The van der Waals surface area contributed by atoms with E-state index >= 15 is 0 Å². The van der Waals surface area contributed by atoms with Crippen molar-refractivity contribution in [3.05, 3.63) is 65.2 Å². The Balaban J connectivity index is 1.70. The third-order valence-electron chi connectivity index (χ3n) is 3.30. The molecular weight excluding hydrogens is 310 g/mol. The molecule has 2 aromatic carbocycles. The minimum Gasteiger partial charge on any atom is -0.478 e. The fraction of sp³-hybridized carbons (Fsp3) is 0.118. The summed E-state index contributed by atoms with van der Waals surface area (Å²) in [6, 6.07) is 14.9. The van der Waals surface area contributed by atoms with Crippen molar-refractivity contribution in [2.24, 2.45) is 0 Å². The molecule has 0 unspecified atom stereocenters. The summed E-state index contributed by atoms with van der Waals surface area (Å²) in [5.74, 6) is 0.429. The number of H-pyrrole nitrogens is 1. The molecule has 3 aromatic rings. The van der Waals surface area contributed by atoms with E-state index < -0.39 is 5.97 Å². The molecule has 0 amide bonds. The highest BCUT2D eigenvalue weighted by atomic mass is 32.2. The van der Waals surface area contributed by atoms with Crippen LogP contribution in [0.2, 0.25) is 0 Å². The van der Waals surface area contributed by atoms with Crippen molar-refractivity contribution in [1.29, 1.82) is 0 Å². The molecule has 0 radical (unpaired) electrons. The lowest BCUT2D eigenvalue weighted by Gasteiger charge is -2.00. The number of aryl methyl sites for hydroxylation is 1. The number of aromatic amines is 1. The van der Waals surface area contributed by atoms with E-state index in [1.165, 1.54) is 17.3 Å². The number of aromatic carboxylic acids is 1. The third kappa shape index (κ3) is 3.78. The zero-order valence-electron chi connectivity index (χ0n) is 12.5. The average Bonchev–Trinajstić information content (AvgIpc) is 3.02. The molecule has 0 aliphatic heterocycles. The van der Waals surface area contributed by atoms with E-state index in [0.29, 0.717) is 16.5 Å². The van der Waals surface area contributed by atoms with Gasteiger partial charge >= 0.3 is 5.97 Å². The molecular formula is C17H15N3O2S. The lowest BCUT2D eigenvalue weighted by molar-refractivity contribution is 0.0697. The van der Waals surface area contributed by atoms with Gasteiger partial charge in [0.1, 0.15) is 0 Å². The summed E-state index contributed by atoms with van der Waals surface area (Å²) in [7, 11) is 0. The topological polar surface area (TPSA) is 78.9 Å². The predicted octanol–water partition coefficient (Wildman–Crippen LogP) is 3.77. The van der Waals surface area contributed by atoms with Gasteiger partial charge in [0.05, 0.1) is 5.56 Å². The summed E-state index contributed by atoms with van der Waals surface area (Å²) in [5.41, 5.74) is 3.38. The van der Waals surface area contributed by atoms with Crippen molar-refractivity contribution in [1.82, 2.24) is 15.2 Å². The molecule has 0 fully saturated rings. The van der Waals surface area contributed by atoms with Gasteiger partial charge in [0, 0.05) is 11.3 Å². The SMILES string of the molecule is Cc1cccc(-c2nc(SCc3cccc(C(=O)O)c3)n[nH]2)c1. The number of hydrogen-bond donors (Lipinski definition) is 2. The van der Waals surface area contributed by atoms with Gasteiger partial charge in [0.25, 0.3) is 0 Å². The maximum atomic E-state index is 11.0. The van der Waals surface area contributed by atoms with Crippen LogP contribution in [0.15, 0.2) is 53.7 Å². The molecule has 3 rings (SSSR count). The van der Waals surface area contributed by atoms with Crippen LogP contribution in [0.1, 0.15) is 21.5 Å². The molecule has 0 atom stereocenters. The lowest BCUT2D eigenvalue weighted by Crippen LogP contribution is -1.96. The van der Waals surface area contributed by atoms with E-state index in [-0.39, 0.29) is 0 Å². The molecule has 0 saturated carbocycles. The van der Waals surface area contributed by atoms with Gasteiger partial charge in [-0.3, -0.25) is 5.10 Å². The summed E-state index contributed by atoms with van der Waals surface area (Å²) in [5, 5.41) is 16.8. The third-order valence-corrected chi connectivity index (χ3v) is 4.22. The molecule has 1 heterocycles. The van der Waals surface area contributed by atoms with Crippen LogP contribution in [0, 0.1) is 6.92 Å². The maximum absolute atomic E-state index is 11.0. The van der Waals surface area contributed by atoms with Crippen molar-refractivity contribution in [3.8, 4) is 11.4 Å². The van der Waals surface area contributed by atoms with Crippen LogP contribution in [0.4, 0.5) is 0 Å². The quantitative estimate of drug-likeness (QED) is 0.698. The van der Waals surface area contributed by atoms with Gasteiger partial charge in [-0.1, -0.05) is 47.7 Å². The summed E-state index contributed by atoms with van der Waals surface area (Å²) < 4.78 is 0. The average molecular weight is 325 g/mol. The molecule has 0 aliphatic rings. The van der Waals surface area contributed by atoms with E-state index in [2.05, 4.69) is 15.2 Å². The minimum absolute atomic E-state index is 0.290. The van der Waals surface area contributed by atoms with Crippen LogP contribution < -0.4 is 0 Å². The molecule has 2 N–H and O–H groups in total. The van der Waals surface area contributed by atoms with E-state index in [9.17, 15) is 4.79 Å². The molecule has 0 saturated heterocycles. The number of benzene rings is 2. The second-order valence-electron chi connectivity index (χ2n) is 5.13. The number of thioether (sulfide) groups is 1. The fourth-order valence-electron chi connectivity index (χ4n) is 2.17. The number of nitrogens with one attached hydrogen (secondary N) is 1. The molecule has 0 aliphatic carbocycles. The zero-order chi connectivity index (χ0) is 16.2. The van der Waals surface area contributed by atoms with E-state index in [1.807, 2.05) is 37.3 Å². The Hall–Kier alpha value is -2.60. The van der Waals surface area contributed by atoms with Crippen molar-refractivity contribution < 1.29 is 9.90 Å².